The summed E-state index contributed by atoms with van der Waals surface area (Å²) in [6.45, 7) is 11.1. The van der Waals surface area contributed by atoms with E-state index in [1.165, 1.54) is 6.07 Å². The van der Waals surface area contributed by atoms with E-state index in [4.69, 9.17) is 13.9 Å². The third kappa shape index (κ3) is 5.07. The largest absolute Gasteiger partial charge is 0.507 e. The molecule has 2 bridgehead atoms. The highest BCUT2D eigenvalue weighted by atomic mass is 28.4. The molecule has 1 fully saturated rings. The molecule has 3 rings (SSSR count). The molecule has 0 saturated carbocycles. The molecule has 0 spiro atoms. The van der Waals surface area contributed by atoms with Crippen LogP contribution in [0.1, 0.15) is 62.4 Å². The lowest BCUT2D eigenvalue weighted by atomic mass is 9.91. The van der Waals surface area contributed by atoms with E-state index in [-0.39, 0.29) is 41.3 Å². The summed E-state index contributed by atoms with van der Waals surface area (Å²) in [5, 5.41) is 19.9. The van der Waals surface area contributed by atoms with Crippen LogP contribution in [0.4, 0.5) is 0 Å². The van der Waals surface area contributed by atoms with Crippen LogP contribution < -0.4 is 0 Å². The van der Waals surface area contributed by atoms with E-state index in [1.807, 2.05) is 6.07 Å². The van der Waals surface area contributed by atoms with Gasteiger partial charge in [0.25, 0.3) is 0 Å². The zero-order chi connectivity index (χ0) is 22.1. The lowest BCUT2D eigenvalue weighted by Crippen LogP contribution is -2.51. The number of rotatable bonds is 4. The number of fused-ring (bicyclic) bond motifs is 3. The van der Waals surface area contributed by atoms with Gasteiger partial charge < -0.3 is 24.1 Å². The maximum Gasteiger partial charge on any atom is 0.342 e. The zero-order valence-electron chi connectivity index (χ0n) is 18.8. The molecule has 2 aliphatic heterocycles. The quantitative estimate of drug-likeness (QED) is 0.544. The summed E-state index contributed by atoms with van der Waals surface area (Å²) < 4.78 is 18.9. The Hall–Kier alpha value is -1.41. The number of aliphatic hydroxyl groups excluding tert-OH is 1. The molecule has 4 atom stereocenters. The van der Waals surface area contributed by atoms with Gasteiger partial charge in [0.15, 0.2) is 8.32 Å². The number of hydrogen-bond donors (Lipinski definition) is 2. The Morgan fingerprint density at radius 1 is 1.23 bits per heavy atom. The molecule has 2 heterocycles. The Balaban J connectivity index is 1.94. The molecule has 1 saturated heterocycles. The topological polar surface area (TPSA) is 85.2 Å². The number of phenolic OH excluding ortho intramolecular Hbond substituents is 1. The standard InChI is InChI=1S/C23H36O6Si/c1-23(2,3)30(4,5)29-19-10-9-16-14-17(11-12-24)28-22(26)21-15(13-20(19)27-16)7-6-8-18(21)25/h6-8,16-17,19-20,24-25H,9-14H2,1-5H3/t16-,17+,19+,20+/m1/s1. The van der Waals surface area contributed by atoms with Crippen molar-refractivity contribution in [1.29, 1.82) is 0 Å². The number of aromatic hydroxyl groups is 1. The Bertz CT molecular complexity index is 757. The molecule has 6 nitrogen and oxygen atoms in total. The highest BCUT2D eigenvalue weighted by molar-refractivity contribution is 6.74. The fraction of sp³-hybridized carbons (Fsp3) is 0.696. The van der Waals surface area contributed by atoms with Crippen molar-refractivity contribution in [3.8, 4) is 5.75 Å². The first-order valence-electron chi connectivity index (χ1n) is 11.0. The van der Waals surface area contributed by atoms with E-state index >= 15 is 0 Å². The molecule has 0 radical (unpaired) electrons. The fourth-order valence-corrected chi connectivity index (χ4v) is 5.44. The van der Waals surface area contributed by atoms with Gasteiger partial charge >= 0.3 is 5.97 Å². The highest BCUT2D eigenvalue weighted by Crippen LogP contribution is 2.40. The lowest BCUT2D eigenvalue weighted by molar-refractivity contribution is -0.124. The molecular weight excluding hydrogens is 400 g/mol. The molecule has 2 N–H and O–H groups in total. The first-order valence-corrected chi connectivity index (χ1v) is 13.9. The summed E-state index contributed by atoms with van der Waals surface area (Å²) in [7, 11) is -2.00. The second-order valence-electron chi connectivity index (χ2n) is 10.1. The van der Waals surface area contributed by atoms with Crippen molar-refractivity contribution in [3.63, 3.8) is 0 Å². The molecule has 168 valence electrons. The molecule has 0 amide bonds. The van der Waals surface area contributed by atoms with Gasteiger partial charge in [-0.2, -0.15) is 0 Å². The molecule has 7 heteroatoms. The number of benzene rings is 1. The maximum atomic E-state index is 12.9. The number of cyclic esters (lactones) is 1. The minimum Gasteiger partial charge on any atom is -0.507 e. The smallest absolute Gasteiger partial charge is 0.342 e. The monoisotopic (exact) mass is 436 g/mol. The Kier molecular flexibility index (Phi) is 6.96. The molecule has 2 aliphatic rings. The Labute approximate surface area is 180 Å². The minimum atomic E-state index is -2.00. The number of carbonyl (C=O) groups excluding carboxylic acids is 1. The summed E-state index contributed by atoms with van der Waals surface area (Å²) in [5.74, 6) is -0.626. The molecule has 1 aromatic carbocycles. The van der Waals surface area contributed by atoms with Gasteiger partial charge in [0.05, 0.1) is 18.3 Å². The number of esters is 1. The minimum absolute atomic E-state index is 0.0440. The molecule has 1 aromatic rings. The van der Waals surface area contributed by atoms with Crippen LogP contribution in [0.25, 0.3) is 0 Å². The van der Waals surface area contributed by atoms with E-state index in [2.05, 4.69) is 33.9 Å². The third-order valence-corrected chi connectivity index (χ3v) is 11.3. The van der Waals surface area contributed by atoms with Crippen LogP contribution in [-0.4, -0.2) is 55.5 Å². The van der Waals surface area contributed by atoms with Gasteiger partial charge in [-0.1, -0.05) is 32.9 Å². The van der Waals surface area contributed by atoms with Crippen LogP contribution in [0.3, 0.4) is 0 Å². The molecule has 0 unspecified atom stereocenters. The SMILES string of the molecule is CC(C)(C)[Si](C)(C)O[C@H]1CC[C@@H]2C[C@H](CCO)OC(=O)c3c(O)cccc3C[C@@H]1O2. The van der Waals surface area contributed by atoms with Crippen molar-refractivity contribution < 1.29 is 28.9 Å². The second kappa shape index (κ2) is 8.98. The average Bonchev–Trinajstić information content (AvgIpc) is 2.62. The Morgan fingerprint density at radius 3 is 2.63 bits per heavy atom. The van der Waals surface area contributed by atoms with Crippen molar-refractivity contribution in [3.05, 3.63) is 29.3 Å². The summed E-state index contributed by atoms with van der Waals surface area (Å²) in [6, 6.07) is 5.08. The zero-order valence-corrected chi connectivity index (χ0v) is 19.8. The van der Waals surface area contributed by atoms with Gasteiger partial charge in [-0.15, -0.1) is 0 Å². The van der Waals surface area contributed by atoms with Crippen LogP contribution in [0.5, 0.6) is 5.75 Å². The van der Waals surface area contributed by atoms with Crippen LogP contribution in [0.15, 0.2) is 18.2 Å². The van der Waals surface area contributed by atoms with E-state index in [9.17, 15) is 15.0 Å². The van der Waals surface area contributed by atoms with Gasteiger partial charge in [-0.3, -0.25) is 0 Å². The van der Waals surface area contributed by atoms with Crippen molar-refractivity contribution in [2.45, 2.75) is 95.4 Å². The van der Waals surface area contributed by atoms with Crippen LogP contribution in [0.2, 0.25) is 18.1 Å². The predicted molar refractivity (Wildman–Crippen MR) is 117 cm³/mol. The first-order chi connectivity index (χ1) is 14.0. The highest BCUT2D eigenvalue weighted by Gasteiger charge is 2.43. The number of aliphatic hydroxyl groups is 1. The van der Waals surface area contributed by atoms with Crippen LogP contribution >= 0.6 is 0 Å². The van der Waals surface area contributed by atoms with Gasteiger partial charge in [-0.25, -0.2) is 4.79 Å². The van der Waals surface area contributed by atoms with Crippen molar-refractivity contribution in [1.82, 2.24) is 0 Å². The molecule has 0 aliphatic carbocycles. The number of phenols is 1. The van der Waals surface area contributed by atoms with Crippen LogP contribution in [-0.2, 0) is 20.3 Å². The maximum absolute atomic E-state index is 12.9. The number of hydrogen-bond acceptors (Lipinski definition) is 6. The third-order valence-electron chi connectivity index (χ3n) is 6.81. The van der Waals surface area contributed by atoms with Gasteiger partial charge in [0.2, 0.25) is 0 Å². The second-order valence-corrected chi connectivity index (χ2v) is 14.8. The average molecular weight is 437 g/mol. The van der Waals surface area contributed by atoms with E-state index < -0.39 is 20.4 Å². The molecule has 30 heavy (non-hydrogen) atoms. The van der Waals surface area contributed by atoms with Crippen molar-refractivity contribution in [2.75, 3.05) is 6.61 Å². The first kappa shape index (κ1) is 23.3. The predicted octanol–water partition coefficient (Wildman–Crippen LogP) is 4.18. The van der Waals surface area contributed by atoms with Crippen molar-refractivity contribution >= 4 is 14.3 Å². The van der Waals surface area contributed by atoms with Gasteiger partial charge in [0, 0.05) is 25.9 Å². The normalized spacial score (nSPS) is 27.9. The van der Waals surface area contributed by atoms with E-state index in [1.54, 1.807) is 6.07 Å². The number of carbonyl (C=O) groups is 1. The summed E-state index contributed by atoms with van der Waals surface area (Å²) in [4.78, 5) is 12.9. The summed E-state index contributed by atoms with van der Waals surface area (Å²) >= 11 is 0. The van der Waals surface area contributed by atoms with E-state index in [0.29, 0.717) is 24.8 Å². The lowest BCUT2D eigenvalue weighted by Gasteiger charge is -2.45. The molecular formula is C23H36O6Si. The van der Waals surface area contributed by atoms with E-state index in [0.717, 1.165) is 12.8 Å². The van der Waals surface area contributed by atoms with Gasteiger partial charge in [-0.05, 0) is 42.6 Å². The number of ether oxygens (including phenoxy) is 2. The summed E-state index contributed by atoms with van der Waals surface area (Å²) in [5.41, 5.74) is 0.901. The Morgan fingerprint density at radius 2 is 1.97 bits per heavy atom. The van der Waals surface area contributed by atoms with Gasteiger partial charge in [0.1, 0.15) is 17.4 Å². The van der Waals surface area contributed by atoms with Crippen LogP contribution in [0, 0.1) is 0 Å². The van der Waals surface area contributed by atoms with Crippen molar-refractivity contribution in [2.24, 2.45) is 0 Å². The fourth-order valence-electron chi connectivity index (χ4n) is 4.06. The summed E-state index contributed by atoms with van der Waals surface area (Å²) in [6.07, 6.45) is 2.36. The molecule has 0 aromatic heterocycles.